The van der Waals surface area contributed by atoms with E-state index < -0.39 is 0 Å². The zero-order valence-corrected chi connectivity index (χ0v) is 7.13. The molecule has 0 amide bonds. The van der Waals surface area contributed by atoms with E-state index in [9.17, 15) is 0 Å². The van der Waals surface area contributed by atoms with Crippen LogP contribution >= 0.6 is 0 Å². The highest BCUT2D eigenvalue weighted by atomic mass is 15.2. The number of nitrogens with two attached hydrogens (primary N) is 1. The normalized spacial score (nSPS) is 27.0. The number of nitrogens with zero attached hydrogens (tertiary/aromatic N) is 1. The van der Waals surface area contributed by atoms with E-state index in [0.717, 1.165) is 18.4 Å². The van der Waals surface area contributed by atoms with Crippen LogP contribution in [-0.2, 0) is 0 Å². The minimum Gasteiger partial charge on any atom is -0.330 e. The van der Waals surface area contributed by atoms with Crippen LogP contribution in [0, 0.1) is 11.8 Å². The van der Waals surface area contributed by atoms with Crippen LogP contribution in [0.3, 0.4) is 0 Å². The van der Waals surface area contributed by atoms with Crippen molar-refractivity contribution in [3.05, 3.63) is 0 Å². The SMILES string of the molecule is NCCC1CN(CC2CC2)C1. The molecular formula is C9H18N2. The summed E-state index contributed by atoms with van der Waals surface area (Å²) in [6, 6.07) is 0. The summed E-state index contributed by atoms with van der Waals surface area (Å²) in [7, 11) is 0. The highest BCUT2D eigenvalue weighted by Gasteiger charge is 2.31. The molecule has 0 radical (unpaired) electrons. The fraction of sp³-hybridized carbons (Fsp3) is 1.00. The molecule has 0 bridgehead atoms. The molecule has 2 fully saturated rings. The van der Waals surface area contributed by atoms with Gasteiger partial charge in [-0.3, -0.25) is 0 Å². The molecule has 0 aromatic rings. The Morgan fingerprint density at radius 3 is 2.45 bits per heavy atom. The van der Waals surface area contributed by atoms with E-state index in [-0.39, 0.29) is 0 Å². The maximum absolute atomic E-state index is 5.48. The molecule has 0 atom stereocenters. The first kappa shape index (κ1) is 7.56. The molecule has 64 valence electrons. The Morgan fingerprint density at radius 2 is 1.91 bits per heavy atom. The first-order valence-electron chi connectivity index (χ1n) is 4.81. The van der Waals surface area contributed by atoms with E-state index in [1.807, 2.05) is 0 Å². The minimum atomic E-state index is 0.877. The Bertz CT molecular complexity index is 126. The van der Waals surface area contributed by atoms with E-state index in [2.05, 4.69) is 4.90 Å². The van der Waals surface area contributed by atoms with Gasteiger partial charge < -0.3 is 10.6 Å². The van der Waals surface area contributed by atoms with E-state index in [0.29, 0.717) is 0 Å². The van der Waals surface area contributed by atoms with Gasteiger partial charge in [0.05, 0.1) is 0 Å². The molecule has 2 aliphatic rings. The summed E-state index contributed by atoms with van der Waals surface area (Å²) in [6.07, 6.45) is 4.21. The van der Waals surface area contributed by atoms with Crippen LogP contribution in [0.5, 0.6) is 0 Å². The highest BCUT2D eigenvalue weighted by molar-refractivity contribution is 4.85. The second kappa shape index (κ2) is 3.11. The Hall–Kier alpha value is -0.0800. The minimum absolute atomic E-state index is 0.877. The smallest absolute Gasteiger partial charge is 0.00226 e. The van der Waals surface area contributed by atoms with Gasteiger partial charge in [-0.05, 0) is 37.6 Å². The van der Waals surface area contributed by atoms with E-state index >= 15 is 0 Å². The molecular weight excluding hydrogens is 136 g/mol. The number of rotatable bonds is 4. The maximum Gasteiger partial charge on any atom is 0.00226 e. The quantitative estimate of drug-likeness (QED) is 0.645. The lowest BCUT2D eigenvalue weighted by atomic mass is 9.96. The Balaban J connectivity index is 1.56. The zero-order chi connectivity index (χ0) is 7.68. The fourth-order valence-corrected chi connectivity index (χ4v) is 1.91. The molecule has 1 aliphatic heterocycles. The molecule has 0 spiro atoms. The van der Waals surface area contributed by atoms with E-state index in [4.69, 9.17) is 5.73 Å². The molecule has 11 heavy (non-hydrogen) atoms. The van der Waals surface area contributed by atoms with Gasteiger partial charge in [-0.1, -0.05) is 0 Å². The van der Waals surface area contributed by atoms with Crippen LogP contribution in [0.2, 0.25) is 0 Å². The molecule has 2 N–H and O–H groups in total. The van der Waals surface area contributed by atoms with Crippen molar-refractivity contribution in [3.63, 3.8) is 0 Å². The van der Waals surface area contributed by atoms with Crippen molar-refractivity contribution >= 4 is 0 Å². The van der Waals surface area contributed by atoms with Gasteiger partial charge in [0, 0.05) is 19.6 Å². The highest BCUT2D eigenvalue weighted by Crippen LogP contribution is 2.32. The molecule has 0 unspecified atom stereocenters. The van der Waals surface area contributed by atoms with Crippen molar-refractivity contribution < 1.29 is 0 Å². The first-order chi connectivity index (χ1) is 5.38. The van der Waals surface area contributed by atoms with Crippen molar-refractivity contribution in [2.45, 2.75) is 19.3 Å². The van der Waals surface area contributed by atoms with Crippen molar-refractivity contribution in [2.75, 3.05) is 26.2 Å². The third kappa shape index (κ3) is 1.94. The van der Waals surface area contributed by atoms with Gasteiger partial charge in [0.25, 0.3) is 0 Å². The fourth-order valence-electron chi connectivity index (χ4n) is 1.91. The van der Waals surface area contributed by atoms with Gasteiger partial charge in [-0.2, -0.15) is 0 Å². The lowest BCUT2D eigenvalue weighted by Gasteiger charge is -2.39. The van der Waals surface area contributed by atoms with Crippen molar-refractivity contribution in [1.29, 1.82) is 0 Å². The van der Waals surface area contributed by atoms with Crippen LogP contribution in [0.25, 0.3) is 0 Å². The predicted octanol–water partition coefficient (Wildman–Crippen LogP) is 0.677. The molecule has 0 aromatic heterocycles. The molecule has 2 nitrogen and oxygen atoms in total. The first-order valence-corrected chi connectivity index (χ1v) is 4.81. The van der Waals surface area contributed by atoms with Gasteiger partial charge in [0.1, 0.15) is 0 Å². The van der Waals surface area contributed by atoms with Gasteiger partial charge in [-0.25, -0.2) is 0 Å². The van der Waals surface area contributed by atoms with Crippen LogP contribution in [0.1, 0.15) is 19.3 Å². The largest absolute Gasteiger partial charge is 0.330 e. The molecule has 2 heteroatoms. The van der Waals surface area contributed by atoms with Crippen molar-refractivity contribution in [1.82, 2.24) is 4.90 Å². The van der Waals surface area contributed by atoms with Crippen LogP contribution in [0.15, 0.2) is 0 Å². The molecule has 1 saturated carbocycles. The Kier molecular flexibility index (Phi) is 2.14. The monoisotopic (exact) mass is 154 g/mol. The predicted molar refractivity (Wildman–Crippen MR) is 46.3 cm³/mol. The summed E-state index contributed by atoms with van der Waals surface area (Å²) >= 11 is 0. The van der Waals surface area contributed by atoms with Crippen LogP contribution in [0.4, 0.5) is 0 Å². The third-order valence-electron chi connectivity index (χ3n) is 2.82. The number of hydrogen-bond acceptors (Lipinski definition) is 2. The Labute approximate surface area is 68.7 Å². The van der Waals surface area contributed by atoms with Crippen LogP contribution < -0.4 is 5.73 Å². The summed E-state index contributed by atoms with van der Waals surface area (Å²) in [4.78, 5) is 2.58. The second-order valence-corrected chi connectivity index (χ2v) is 4.11. The Morgan fingerprint density at radius 1 is 1.18 bits per heavy atom. The van der Waals surface area contributed by atoms with Gasteiger partial charge >= 0.3 is 0 Å². The molecule has 1 aliphatic carbocycles. The van der Waals surface area contributed by atoms with Crippen LogP contribution in [-0.4, -0.2) is 31.1 Å². The molecule has 1 saturated heterocycles. The summed E-state index contributed by atoms with van der Waals surface area (Å²) in [5.41, 5.74) is 5.48. The standard InChI is InChI=1S/C9H18N2/c10-4-3-9-6-11(7-9)5-8-1-2-8/h8-9H,1-7,10H2. The van der Waals surface area contributed by atoms with Gasteiger partial charge in [0.2, 0.25) is 0 Å². The zero-order valence-electron chi connectivity index (χ0n) is 7.13. The average molecular weight is 154 g/mol. The number of hydrogen-bond donors (Lipinski definition) is 1. The second-order valence-electron chi connectivity index (χ2n) is 4.11. The topological polar surface area (TPSA) is 29.3 Å². The van der Waals surface area contributed by atoms with Gasteiger partial charge in [-0.15, -0.1) is 0 Å². The summed E-state index contributed by atoms with van der Waals surface area (Å²) < 4.78 is 0. The molecule has 2 rings (SSSR count). The maximum atomic E-state index is 5.48. The molecule has 0 aromatic carbocycles. The number of likely N-dealkylation sites (tertiary alicyclic amines) is 1. The summed E-state index contributed by atoms with van der Waals surface area (Å²) in [6.45, 7) is 4.91. The average Bonchev–Trinajstić information content (AvgIpc) is 2.67. The lowest BCUT2D eigenvalue weighted by Crippen LogP contribution is -2.48. The summed E-state index contributed by atoms with van der Waals surface area (Å²) in [5.74, 6) is 1.99. The van der Waals surface area contributed by atoms with Crippen molar-refractivity contribution in [3.8, 4) is 0 Å². The van der Waals surface area contributed by atoms with E-state index in [1.54, 1.807) is 0 Å². The van der Waals surface area contributed by atoms with Crippen molar-refractivity contribution in [2.24, 2.45) is 17.6 Å². The van der Waals surface area contributed by atoms with Gasteiger partial charge in [0.15, 0.2) is 0 Å². The third-order valence-corrected chi connectivity index (χ3v) is 2.82. The lowest BCUT2D eigenvalue weighted by molar-refractivity contribution is 0.0908. The summed E-state index contributed by atoms with van der Waals surface area (Å²) in [5, 5.41) is 0. The van der Waals surface area contributed by atoms with E-state index in [1.165, 1.54) is 38.9 Å². The molecule has 1 heterocycles.